The number of nitrogens with one attached hydrogen (secondary N) is 2. The van der Waals surface area contributed by atoms with Crippen molar-refractivity contribution in [1.82, 2.24) is 4.72 Å². The zero-order valence-electron chi connectivity index (χ0n) is 15.8. The van der Waals surface area contributed by atoms with Gasteiger partial charge in [-0.05, 0) is 49.7 Å². The molecular weight excluding hydrogens is 372 g/mol. The number of hydrogen-bond donors (Lipinski definition) is 2. The SMILES string of the molecule is Cc1ccc(NC(=O)c2cccc(S(=O)(=O)NCc3cccc(C)c3)c2)cc1. The summed E-state index contributed by atoms with van der Waals surface area (Å²) < 4.78 is 27.8. The lowest BCUT2D eigenvalue weighted by molar-refractivity contribution is 0.102. The van der Waals surface area contributed by atoms with Gasteiger partial charge in [0.2, 0.25) is 10.0 Å². The quantitative estimate of drug-likeness (QED) is 0.663. The molecule has 3 aromatic carbocycles. The molecule has 0 unspecified atom stereocenters. The number of amides is 1. The number of benzene rings is 3. The molecule has 6 heteroatoms. The smallest absolute Gasteiger partial charge is 0.255 e. The fourth-order valence-corrected chi connectivity index (χ4v) is 3.79. The van der Waals surface area contributed by atoms with Gasteiger partial charge in [-0.15, -0.1) is 0 Å². The normalized spacial score (nSPS) is 11.2. The van der Waals surface area contributed by atoms with Gasteiger partial charge < -0.3 is 5.32 Å². The number of carbonyl (C=O) groups excluding carboxylic acids is 1. The molecule has 0 aliphatic heterocycles. The molecule has 0 aliphatic carbocycles. The van der Waals surface area contributed by atoms with Crippen molar-refractivity contribution in [3.8, 4) is 0 Å². The van der Waals surface area contributed by atoms with Crippen LogP contribution in [0.4, 0.5) is 5.69 Å². The summed E-state index contributed by atoms with van der Waals surface area (Å²) in [6.45, 7) is 4.10. The van der Waals surface area contributed by atoms with E-state index in [0.29, 0.717) is 5.69 Å². The van der Waals surface area contributed by atoms with Crippen molar-refractivity contribution in [1.29, 1.82) is 0 Å². The maximum absolute atomic E-state index is 12.6. The van der Waals surface area contributed by atoms with Crippen molar-refractivity contribution in [2.24, 2.45) is 0 Å². The first-order chi connectivity index (χ1) is 13.3. The van der Waals surface area contributed by atoms with Crippen LogP contribution >= 0.6 is 0 Å². The lowest BCUT2D eigenvalue weighted by Crippen LogP contribution is -2.23. The van der Waals surface area contributed by atoms with E-state index < -0.39 is 10.0 Å². The first-order valence-electron chi connectivity index (χ1n) is 8.87. The minimum atomic E-state index is -3.74. The predicted octanol–water partition coefficient (Wildman–Crippen LogP) is 4.03. The van der Waals surface area contributed by atoms with Gasteiger partial charge in [-0.25, -0.2) is 13.1 Å². The van der Waals surface area contributed by atoms with E-state index in [1.165, 1.54) is 12.1 Å². The van der Waals surface area contributed by atoms with Gasteiger partial charge in [0.25, 0.3) is 5.91 Å². The van der Waals surface area contributed by atoms with Crippen LogP contribution < -0.4 is 10.0 Å². The second-order valence-corrected chi connectivity index (χ2v) is 8.43. The number of aryl methyl sites for hydroxylation is 2. The molecule has 0 aromatic heterocycles. The van der Waals surface area contributed by atoms with Crippen molar-refractivity contribution in [2.45, 2.75) is 25.3 Å². The molecule has 3 rings (SSSR count). The van der Waals surface area contributed by atoms with Gasteiger partial charge in [-0.2, -0.15) is 0 Å². The van der Waals surface area contributed by atoms with Crippen molar-refractivity contribution < 1.29 is 13.2 Å². The molecule has 0 fully saturated rings. The summed E-state index contributed by atoms with van der Waals surface area (Å²) in [5, 5.41) is 2.77. The van der Waals surface area contributed by atoms with Gasteiger partial charge in [0, 0.05) is 17.8 Å². The van der Waals surface area contributed by atoms with Gasteiger partial charge >= 0.3 is 0 Å². The fourth-order valence-electron chi connectivity index (χ4n) is 2.73. The lowest BCUT2D eigenvalue weighted by atomic mass is 10.1. The van der Waals surface area contributed by atoms with E-state index in [2.05, 4.69) is 10.0 Å². The number of sulfonamides is 1. The number of hydrogen-bond acceptors (Lipinski definition) is 3. The van der Waals surface area contributed by atoms with Crippen molar-refractivity contribution in [3.05, 3.63) is 95.1 Å². The van der Waals surface area contributed by atoms with Gasteiger partial charge in [-0.1, -0.05) is 53.6 Å². The second-order valence-electron chi connectivity index (χ2n) is 6.66. The molecule has 28 heavy (non-hydrogen) atoms. The predicted molar refractivity (Wildman–Crippen MR) is 111 cm³/mol. The molecule has 0 aliphatic rings. The Labute approximate surface area is 165 Å². The van der Waals surface area contributed by atoms with Gasteiger partial charge in [-0.3, -0.25) is 4.79 Å². The third-order valence-electron chi connectivity index (χ3n) is 4.26. The van der Waals surface area contributed by atoms with Crippen LogP contribution in [-0.2, 0) is 16.6 Å². The Balaban J connectivity index is 1.73. The molecule has 0 spiro atoms. The zero-order valence-corrected chi connectivity index (χ0v) is 16.6. The Morgan fingerprint density at radius 2 is 1.57 bits per heavy atom. The Hall–Kier alpha value is -2.96. The Morgan fingerprint density at radius 1 is 0.857 bits per heavy atom. The summed E-state index contributed by atoms with van der Waals surface area (Å²) in [7, 11) is -3.74. The summed E-state index contributed by atoms with van der Waals surface area (Å²) in [4.78, 5) is 12.5. The third kappa shape index (κ3) is 5.06. The van der Waals surface area contributed by atoms with E-state index in [-0.39, 0.29) is 22.9 Å². The Kier molecular flexibility index (Phi) is 5.92. The molecule has 0 atom stereocenters. The summed E-state index contributed by atoms with van der Waals surface area (Å²) in [5.74, 6) is -0.361. The standard InChI is InChI=1S/C22H22N2O3S/c1-16-9-11-20(12-10-16)24-22(25)19-7-4-8-21(14-19)28(26,27)23-15-18-6-3-5-17(2)13-18/h3-14,23H,15H2,1-2H3,(H,24,25). The molecule has 0 saturated heterocycles. The van der Waals surface area contributed by atoms with Crippen LogP contribution in [0.1, 0.15) is 27.0 Å². The van der Waals surface area contributed by atoms with Crippen molar-refractivity contribution in [2.75, 3.05) is 5.32 Å². The van der Waals surface area contributed by atoms with Crippen LogP contribution in [0.3, 0.4) is 0 Å². The highest BCUT2D eigenvalue weighted by atomic mass is 32.2. The topological polar surface area (TPSA) is 75.3 Å². The highest BCUT2D eigenvalue weighted by Gasteiger charge is 2.16. The van der Waals surface area contributed by atoms with Crippen molar-refractivity contribution >= 4 is 21.6 Å². The maximum atomic E-state index is 12.6. The van der Waals surface area contributed by atoms with Crippen LogP contribution in [0, 0.1) is 13.8 Å². The van der Waals surface area contributed by atoms with Crippen molar-refractivity contribution in [3.63, 3.8) is 0 Å². The van der Waals surface area contributed by atoms with E-state index in [4.69, 9.17) is 0 Å². The molecule has 1 amide bonds. The van der Waals surface area contributed by atoms with Crippen LogP contribution in [0.2, 0.25) is 0 Å². The van der Waals surface area contributed by atoms with Crippen LogP contribution in [0.5, 0.6) is 0 Å². The summed E-state index contributed by atoms with van der Waals surface area (Å²) in [5.41, 5.74) is 3.95. The van der Waals surface area contributed by atoms with Gasteiger partial charge in [0.15, 0.2) is 0 Å². The Bertz CT molecular complexity index is 1090. The molecule has 0 radical (unpaired) electrons. The molecule has 0 bridgehead atoms. The zero-order chi connectivity index (χ0) is 20.1. The van der Waals surface area contributed by atoms with Crippen LogP contribution in [-0.4, -0.2) is 14.3 Å². The molecule has 0 heterocycles. The monoisotopic (exact) mass is 394 g/mol. The van der Waals surface area contributed by atoms with E-state index in [0.717, 1.165) is 16.7 Å². The minimum absolute atomic E-state index is 0.0525. The molecule has 144 valence electrons. The van der Waals surface area contributed by atoms with Crippen LogP contribution in [0.15, 0.2) is 77.7 Å². The van der Waals surface area contributed by atoms with Crippen LogP contribution in [0.25, 0.3) is 0 Å². The van der Waals surface area contributed by atoms with E-state index in [1.54, 1.807) is 24.3 Å². The van der Waals surface area contributed by atoms with Gasteiger partial charge in [0.1, 0.15) is 0 Å². The van der Waals surface area contributed by atoms with E-state index in [1.807, 2.05) is 50.2 Å². The summed E-state index contributed by atoms with van der Waals surface area (Å²) in [6, 6.07) is 21.0. The average molecular weight is 394 g/mol. The third-order valence-corrected chi connectivity index (χ3v) is 5.66. The number of carbonyl (C=O) groups is 1. The molecular formula is C22H22N2O3S. The molecule has 2 N–H and O–H groups in total. The minimum Gasteiger partial charge on any atom is -0.322 e. The fraction of sp³-hybridized carbons (Fsp3) is 0.136. The van der Waals surface area contributed by atoms with E-state index in [9.17, 15) is 13.2 Å². The lowest BCUT2D eigenvalue weighted by Gasteiger charge is -2.10. The molecule has 3 aromatic rings. The maximum Gasteiger partial charge on any atom is 0.255 e. The highest BCUT2D eigenvalue weighted by molar-refractivity contribution is 7.89. The second kappa shape index (κ2) is 8.37. The molecule has 0 saturated carbocycles. The first-order valence-corrected chi connectivity index (χ1v) is 10.4. The summed E-state index contributed by atoms with van der Waals surface area (Å²) >= 11 is 0. The molecule has 5 nitrogen and oxygen atoms in total. The first kappa shape index (κ1) is 19.8. The van der Waals surface area contributed by atoms with Gasteiger partial charge in [0.05, 0.1) is 4.90 Å². The summed E-state index contributed by atoms with van der Waals surface area (Å²) in [6.07, 6.45) is 0. The highest BCUT2D eigenvalue weighted by Crippen LogP contribution is 2.15. The van der Waals surface area contributed by atoms with E-state index >= 15 is 0 Å². The number of rotatable bonds is 6. The Morgan fingerprint density at radius 3 is 2.29 bits per heavy atom. The largest absolute Gasteiger partial charge is 0.322 e. The average Bonchev–Trinajstić information content (AvgIpc) is 2.68. The number of anilines is 1.